The quantitative estimate of drug-likeness (QED) is 0.768. The van der Waals surface area contributed by atoms with Crippen molar-refractivity contribution in [3.8, 4) is 5.75 Å². The first-order chi connectivity index (χ1) is 8.78. The Morgan fingerprint density at radius 2 is 2.00 bits per heavy atom. The van der Waals surface area contributed by atoms with Gasteiger partial charge in [0.15, 0.2) is 0 Å². The van der Waals surface area contributed by atoms with Crippen molar-refractivity contribution in [3.05, 3.63) is 29.8 Å². The predicted molar refractivity (Wildman–Crippen MR) is 72.9 cm³/mol. The fourth-order valence-electron chi connectivity index (χ4n) is 1.81. The minimum absolute atomic E-state index is 0.195. The third kappa shape index (κ3) is 4.67. The molecule has 3 nitrogen and oxygen atoms in total. The highest BCUT2D eigenvalue weighted by Gasteiger charge is 2.19. The summed E-state index contributed by atoms with van der Waals surface area (Å²) in [5.74, 6) is 0.939. The Morgan fingerprint density at radius 3 is 2.61 bits per heavy atom. The van der Waals surface area contributed by atoms with E-state index in [0.29, 0.717) is 0 Å². The zero-order chi connectivity index (χ0) is 12.8. The molecule has 1 fully saturated rings. The maximum atomic E-state index is 5.81. The van der Waals surface area contributed by atoms with Gasteiger partial charge in [-0.05, 0) is 37.5 Å². The van der Waals surface area contributed by atoms with Gasteiger partial charge < -0.3 is 14.8 Å². The molecule has 0 amide bonds. The maximum absolute atomic E-state index is 5.81. The monoisotopic (exact) mass is 249 g/mol. The van der Waals surface area contributed by atoms with Crippen LogP contribution in [0.25, 0.3) is 0 Å². The predicted octanol–water partition coefficient (Wildman–Crippen LogP) is 2.74. The first kappa shape index (κ1) is 13.4. The van der Waals surface area contributed by atoms with Crippen LogP contribution < -0.4 is 10.1 Å². The van der Waals surface area contributed by atoms with Gasteiger partial charge in [0.05, 0.1) is 6.10 Å². The van der Waals surface area contributed by atoms with E-state index in [1.54, 1.807) is 7.11 Å². The smallest absolute Gasteiger partial charge is 0.119 e. The number of nitrogens with one attached hydrogen (secondary N) is 1. The molecule has 0 spiro atoms. The van der Waals surface area contributed by atoms with Crippen molar-refractivity contribution >= 4 is 0 Å². The molecule has 0 heterocycles. The van der Waals surface area contributed by atoms with E-state index >= 15 is 0 Å². The third-order valence-corrected chi connectivity index (χ3v) is 3.16. The van der Waals surface area contributed by atoms with E-state index in [-0.39, 0.29) is 6.10 Å². The summed E-state index contributed by atoms with van der Waals surface area (Å²) in [5, 5.41) is 3.50. The molecule has 3 heteroatoms. The molecule has 0 aliphatic heterocycles. The van der Waals surface area contributed by atoms with Crippen molar-refractivity contribution in [1.82, 2.24) is 5.32 Å². The van der Waals surface area contributed by atoms with E-state index < -0.39 is 0 Å². The lowest BCUT2D eigenvalue weighted by Gasteiger charge is -2.14. The first-order valence-electron chi connectivity index (χ1n) is 6.76. The molecular weight excluding hydrogens is 226 g/mol. The van der Waals surface area contributed by atoms with Gasteiger partial charge in [-0.2, -0.15) is 0 Å². The number of rotatable bonds is 8. The Bertz CT molecular complexity index is 346. The Balaban J connectivity index is 1.75. The van der Waals surface area contributed by atoms with Crippen LogP contribution in [0.2, 0.25) is 0 Å². The molecule has 1 unspecified atom stereocenters. The van der Waals surface area contributed by atoms with Crippen molar-refractivity contribution in [2.75, 3.05) is 13.7 Å². The van der Waals surface area contributed by atoms with Gasteiger partial charge >= 0.3 is 0 Å². The van der Waals surface area contributed by atoms with Gasteiger partial charge in [-0.1, -0.05) is 12.1 Å². The number of ether oxygens (including phenoxy) is 2. The van der Waals surface area contributed by atoms with Gasteiger partial charge in [0.1, 0.15) is 5.75 Å². The molecule has 1 aromatic rings. The van der Waals surface area contributed by atoms with E-state index in [0.717, 1.165) is 31.4 Å². The van der Waals surface area contributed by atoms with Crippen molar-refractivity contribution in [1.29, 1.82) is 0 Å². The lowest BCUT2D eigenvalue weighted by molar-refractivity contribution is 0.135. The summed E-state index contributed by atoms with van der Waals surface area (Å²) in [6, 6.07) is 9.12. The highest BCUT2D eigenvalue weighted by atomic mass is 16.5. The van der Waals surface area contributed by atoms with Gasteiger partial charge in [0.25, 0.3) is 0 Å². The van der Waals surface area contributed by atoms with Crippen molar-refractivity contribution in [3.63, 3.8) is 0 Å². The number of hydrogen-bond acceptors (Lipinski definition) is 3. The minimum Gasteiger partial charge on any atom is -0.491 e. The lowest BCUT2D eigenvalue weighted by atomic mass is 10.2. The summed E-state index contributed by atoms with van der Waals surface area (Å²) < 4.78 is 10.9. The molecule has 0 aromatic heterocycles. The fourth-order valence-corrected chi connectivity index (χ4v) is 1.81. The Hall–Kier alpha value is -1.06. The molecule has 18 heavy (non-hydrogen) atoms. The maximum Gasteiger partial charge on any atom is 0.119 e. The highest BCUT2D eigenvalue weighted by Crippen LogP contribution is 2.20. The van der Waals surface area contributed by atoms with Crippen molar-refractivity contribution < 1.29 is 9.47 Å². The van der Waals surface area contributed by atoms with Gasteiger partial charge in [0.2, 0.25) is 0 Å². The van der Waals surface area contributed by atoms with Crippen LogP contribution >= 0.6 is 0 Å². The van der Waals surface area contributed by atoms with Crippen molar-refractivity contribution in [2.45, 2.75) is 44.9 Å². The second-order valence-corrected chi connectivity index (χ2v) is 5.01. The molecule has 0 bridgehead atoms. The normalized spacial score (nSPS) is 16.6. The van der Waals surface area contributed by atoms with E-state index in [9.17, 15) is 0 Å². The average molecular weight is 249 g/mol. The number of hydrogen-bond donors (Lipinski definition) is 1. The van der Waals surface area contributed by atoms with Crippen LogP contribution in [0.4, 0.5) is 0 Å². The molecule has 1 atom stereocenters. The van der Waals surface area contributed by atoms with E-state index in [1.807, 2.05) is 12.1 Å². The number of benzene rings is 1. The second kappa shape index (κ2) is 6.76. The van der Waals surface area contributed by atoms with Gasteiger partial charge in [-0.25, -0.2) is 0 Å². The van der Waals surface area contributed by atoms with E-state index in [4.69, 9.17) is 9.47 Å². The highest BCUT2D eigenvalue weighted by molar-refractivity contribution is 5.27. The zero-order valence-corrected chi connectivity index (χ0v) is 11.3. The van der Waals surface area contributed by atoms with E-state index in [1.165, 1.54) is 18.4 Å². The van der Waals surface area contributed by atoms with Crippen LogP contribution in [0, 0.1) is 0 Å². The van der Waals surface area contributed by atoms with Crippen molar-refractivity contribution in [2.24, 2.45) is 0 Å². The molecule has 1 aliphatic carbocycles. The number of methoxy groups -OCH3 is 1. The molecule has 1 saturated carbocycles. The topological polar surface area (TPSA) is 30.5 Å². The second-order valence-electron chi connectivity index (χ2n) is 5.01. The zero-order valence-electron chi connectivity index (χ0n) is 11.3. The molecule has 1 N–H and O–H groups in total. The van der Waals surface area contributed by atoms with Gasteiger partial charge in [0, 0.05) is 32.7 Å². The summed E-state index contributed by atoms with van der Waals surface area (Å²) in [7, 11) is 1.72. The Morgan fingerprint density at radius 1 is 1.28 bits per heavy atom. The Kier molecular flexibility index (Phi) is 5.02. The third-order valence-electron chi connectivity index (χ3n) is 3.16. The average Bonchev–Trinajstić information content (AvgIpc) is 3.20. The summed E-state index contributed by atoms with van der Waals surface area (Å²) in [6.45, 7) is 3.77. The largest absolute Gasteiger partial charge is 0.491 e. The molecular formula is C15H23NO2. The fraction of sp³-hybridized carbons (Fsp3) is 0.600. The van der Waals surface area contributed by atoms with Crippen LogP contribution in [0.15, 0.2) is 24.3 Å². The minimum atomic E-state index is 0.195. The molecule has 0 radical (unpaired) electrons. The SMILES string of the molecule is COCCC(C)Oc1ccc(CNC2CC2)cc1. The van der Waals surface area contributed by atoms with Gasteiger partial charge in [-0.3, -0.25) is 0 Å². The van der Waals surface area contributed by atoms with Crippen LogP contribution in [0.1, 0.15) is 31.7 Å². The summed E-state index contributed by atoms with van der Waals surface area (Å²) >= 11 is 0. The van der Waals surface area contributed by atoms with Crippen LogP contribution in [-0.4, -0.2) is 25.9 Å². The summed E-state index contributed by atoms with van der Waals surface area (Å²) in [6.07, 6.45) is 3.78. The molecule has 2 rings (SSSR count). The standard InChI is InChI=1S/C15H23NO2/c1-12(9-10-17-2)18-15-7-3-13(4-8-15)11-16-14-5-6-14/h3-4,7-8,12,14,16H,5-6,9-11H2,1-2H3. The summed E-state index contributed by atoms with van der Waals surface area (Å²) in [5.41, 5.74) is 1.32. The van der Waals surface area contributed by atoms with Crippen LogP contribution in [0.3, 0.4) is 0 Å². The molecule has 1 aliphatic rings. The van der Waals surface area contributed by atoms with Crippen LogP contribution in [-0.2, 0) is 11.3 Å². The van der Waals surface area contributed by atoms with E-state index in [2.05, 4.69) is 24.4 Å². The first-order valence-corrected chi connectivity index (χ1v) is 6.76. The van der Waals surface area contributed by atoms with Crippen LogP contribution in [0.5, 0.6) is 5.75 Å². The molecule has 100 valence electrons. The summed E-state index contributed by atoms with van der Waals surface area (Å²) in [4.78, 5) is 0. The molecule has 1 aromatic carbocycles. The lowest BCUT2D eigenvalue weighted by Crippen LogP contribution is -2.15. The Labute approximate surface area is 109 Å². The molecule has 0 saturated heterocycles. The van der Waals surface area contributed by atoms with Gasteiger partial charge in [-0.15, -0.1) is 0 Å².